The minimum atomic E-state index is -0.190. The summed E-state index contributed by atoms with van der Waals surface area (Å²) < 4.78 is 0.210. The second kappa shape index (κ2) is 5.68. The predicted molar refractivity (Wildman–Crippen MR) is 76.7 cm³/mol. The molecule has 6 heteroatoms. The zero-order chi connectivity index (χ0) is 13.2. The van der Waals surface area contributed by atoms with Gasteiger partial charge in [-0.25, -0.2) is 4.98 Å². The van der Waals surface area contributed by atoms with E-state index in [2.05, 4.69) is 16.6 Å². The Bertz CT molecular complexity index is 458. The lowest BCUT2D eigenvalue weighted by atomic mass is 9.84. The van der Waals surface area contributed by atoms with Crippen LogP contribution in [0.15, 0.2) is 12.1 Å². The van der Waals surface area contributed by atoms with E-state index in [4.69, 9.17) is 23.2 Å². The highest BCUT2D eigenvalue weighted by atomic mass is 35.5. The van der Waals surface area contributed by atoms with E-state index in [0.717, 1.165) is 12.8 Å². The van der Waals surface area contributed by atoms with Crippen LogP contribution in [0, 0.1) is 0 Å². The van der Waals surface area contributed by atoms with Gasteiger partial charge >= 0.3 is 0 Å². The van der Waals surface area contributed by atoms with Crippen molar-refractivity contribution in [2.45, 2.75) is 24.0 Å². The fourth-order valence-corrected chi connectivity index (χ4v) is 3.29. The Hall–Kier alpha value is -0.450. The number of aromatic nitrogens is 1. The number of carbonyl (C=O) groups excluding carboxylic acids is 1. The molecule has 0 radical (unpaired) electrons. The maximum absolute atomic E-state index is 12.0. The number of hydrogen-bond donors (Lipinski definition) is 1. The van der Waals surface area contributed by atoms with Crippen LogP contribution in [-0.2, 0) is 0 Å². The molecule has 1 aromatic heterocycles. The van der Waals surface area contributed by atoms with Crippen molar-refractivity contribution in [2.75, 3.05) is 12.8 Å². The van der Waals surface area contributed by atoms with Gasteiger partial charge in [0.05, 0.1) is 5.56 Å². The molecular weight excluding hydrogens is 291 g/mol. The second-order valence-electron chi connectivity index (χ2n) is 4.40. The van der Waals surface area contributed by atoms with Gasteiger partial charge in [-0.2, -0.15) is 11.8 Å². The van der Waals surface area contributed by atoms with Crippen molar-refractivity contribution in [3.8, 4) is 0 Å². The highest BCUT2D eigenvalue weighted by Gasteiger charge is 2.36. The van der Waals surface area contributed by atoms with Gasteiger partial charge < -0.3 is 5.32 Å². The van der Waals surface area contributed by atoms with Crippen LogP contribution in [0.5, 0.6) is 0 Å². The molecule has 0 saturated heterocycles. The molecule has 0 aliphatic heterocycles. The molecule has 1 fully saturated rings. The smallest absolute Gasteiger partial charge is 0.254 e. The summed E-state index contributed by atoms with van der Waals surface area (Å²) in [6.07, 6.45) is 5.63. The zero-order valence-corrected chi connectivity index (χ0v) is 12.3. The van der Waals surface area contributed by atoms with Crippen molar-refractivity contribution in [2.24, 2.45) is 0 Å². The average Bonchev–Trinajstić information content (AvgIpc) is 2.27. The molecule has 1 aliphatic rings. The molecule has 2 rings (SSSR count). The molecule has 1 saturated carbocycles. The number of rotatable bonds is 4. The van der Waals surface area contributed by atoms with Crippen LogP contribution in [0.2, 0.25) is 10.3 Å². The van der Waals surface area contributed by atoms with E-state index in [-0.39, 0.29) is 21.0 Å². The van der Waals surface area contributed by atoms with Crippen LogP contribution < -0.4 is 5.32 Å². The average molecular weight is 305 g/mol. The fraction of sp³-hybridized carbons (Fsp3) is 0.500. The minimum absolute atomic E-state index is 0.145. The molecular formula is C12H14Cl2N2OS. The van der Waals surface area contributed by atoms with Crippen molar-refractivity contribution >= 4 is 40.9 Å². The first-order chi connectivity index (χ1) is 8.56. The van der Waals surface area contributed by atoms with Crippen molar-refractivity contribution in [1.82, 2.24) is 10.3 Å². The normalized spacial score (nSPS) is 17.1. The molecule has 0 atom stereocenters. The van der Waals surface area contributed by atoms with Gasteiger partial charge in [0.1, 0.15) is 10.3 Å². The summed E-state index contributed by atoms with van der Waals surface area (Å²) in [5.74, 6) is -0.190. The van der Waals surface area contributed by atoms with Gasteiger partial charge in [-0.15, -0.1) is 0 Å². The summed E-state index contributed by atoms with van der Waals surface area (Å²) >= 11 is 13.4. The van der Waals surface area contributed by atoms with Gasteiger partial charge in [-0.05, 0) is 31.2 Å². The molecule has 18 heavy (non-hydrogen) atoms. The second-order valence-corrected chi connectivity index (χ2v) is 6.42. The molecule has 98 valence electrons. The van der Waals surface area contributed by atoms with Crippen molar-refractivity contribution in [1.29, 1.82) is 0 Å². The van der Waals surface area contributed by atoms with Gasteiger partial charge in [0.2, 0.25) is 0 Å². The van der Waals surface area contributed by atoms with E-state index < -0.39 is 0 Å². The molecule has 1 aromatic rings. The Morgan fingerprint density at radius 1 is 1.50 bits per heavy atom. The lowest BCUT2D eigenvalue weighted by molar-refractivity contribution is 0.0943. The number of nitrogens with zero attached hydrogens (tertiary/aromatic N) is 1. The largest absolute Gasteiger partial charge is 0.351 e. The van der Waals surface area contributed by atoms with E-state index >= 15 is 0 Å². The van der Waals surface area contributed by atoms with Gasteiger partial charge in [0.25, 0.3) is 5.91 Å². The lowest BCUT2D eigenvalue weighted by Crippen LogP contribution is -2.45. The molecule has 1 aliphatic carbocycles. The van der Waals surface area contributed by atoms with E-state index in [1.165, 1.54) is 6.42 Å². The Labute approximate surface area is 121 Å². The van der Waals surface area contributed by atoms with Crippen LogP contribution in [0.25, 0.3) is 0 Å². The monoisotopic (exact) mass is 304 g/mol. The molecule has 0 unspecified atom stereocenters. The number of carbonyl (C=O) groups is 1. The molecule has 0 spiro atoms. The topological polar surface area (TPSA) is 42.0 Å². The molecule has 1 heterocycles. The maximum atomic E-state index is 12.0. The predicted octanol–water partition coefficient (Wildman–Crippen LogP) is 3.40. The summed E-state index contributed by atoms with van der Waals surface area (Å²) in [4.78, 5) is 15.8. The highest BCUT2D eigenvalue weighted by molar-refractivity contribution is 8.00. The first kappa shape index (κ1) is 14.0. The van der Waals surface area contributed by atoms with Crippen molar-refractivity contribution in [3.63, 3.8) is 0 Å². The molecule has 1 amide bonds. The lowest BCUT2D eigenvalue weighted by Gasteiger charge is -2.40. The van der Waals surface area contributed by atoms with Gasteiger partial charge in [-0.3, -0.25) is 4.79 Å². The summed E-state index contributed by atoms with van der Waals surface area (Å²) in [5.41, 5.74) is 0.372. The number of pyridine rings is 1. The summed E-state index contributed by atoms with van der Waals surface area (Å²) in [7, 11) is 0. The number of amides is 1. The van der Waals surface area contributed by atoms with Gasteiger partial charge in [0.15, 0.2) is 0 Å². The number of nitrogens with one attached hydrogen (secondary N) is 1. The highest BCUT2D eigenvalue weighted by Crippen LogP contribution is 2.42. The van der Waals surface area contributed by atoms with Crippen molar-refractivity contribution in [3.05, 3.63) is 28.0 Å². The third kappa shape index (κ3) is 2.92. The van der Waals surface area contributed by atoms with Crippen LogP contribution in [0.1, 0.15) is 29.6 Å². The quantitative estimate of drug-likeness (QED) is 0.867. The van der Waals surface area contributed by atoms with E-state index in [9.17, 15) is 4.79 Å². The van der Waals surface area contributed by atoms with E-state index in [0.29, 0.717) is 12.1 Å². The molecule has 0 bridgehead atoms. The van der Waals surface area contributed by atoms with Crippen LogP contribution >= 0.6 is 35.0 Å². The van der Waals surface area contributed by atoms with E-state index in [1.807, 2.05) is 11.8 Å². The van der Waals surface area contributed by atoms with Gasteiger partial charge in [-0.1, -0.05) is 29.6 Å². The number of thioether (sulfide) groups is 1. The Morgan fingerprint density at radius 2 is 2.22 bits per heavy atom. The first-order valence-electron chi connectivity index (χ1n) is 5.72. The molecule has 3 nitrogen and oxygen atoms in total. The molecule has 0 aromatic carbocycles. The first-order valence-corrected chi connectivity index (χ1v) is 7.70. The van der Waals surface area contributed by atoms with Crippen molar-refractivity contribution < 1.29 is 4.79 Å². The van der Waals surface area contributed by atoms with Crippen LogP contribution in [0.3, 0.4) is 0 Å². The number of hydrogen-bond acceptors (Lipinski definition) is 3. The molecule has 1 N–H and O–H groups in total. The van der Waals surface area contributed by atoms with Crippen LogP contribution in [-0.4, -0.2) is 28.4 Å². The summed E-state index contributed by atoms with van der Waals surface area (Å²) in [6.45, 7) is 0.673. The van der Waals surface area contributed by atoms with Crippen LogP contribution in [0.4, 0.5) is 0 Å². The minimum Gasteiger partial charge on any atom is -0.351 e. The maximum Gasteiger partial charge on any atom is 0.254 e. The number of halogens is 2. The Balaban J connectivity index is 1.99. The van der Waals surface area contributed by atoms with E-state index in [1.54, 1.807) is 12.1 Å². The standard InChI is InChI=1S/C12H14Cl2N2OS/c1-18-12(5-2-6-12)7-15-11(17)8-3-4-9(13)16-10(8)14/h3-4H,2,5-7H2,1H3,(H,15,17). The van der Waals surface area contributed by atoms with Gasteiger partial charge in [0, 0.05) is 11.3 Å². The summed E-state index contributed by atoms with van der Waals surface area (Å²) in [5, 5.41) is 3.36. The SMILES string of the molecule is CSC1(CNC(=O)c2ccc(Cl)nc2Cl)CCC1. The Kier molecular flexibility index (Phi) is 4.41. The third-order valence-corrected chi connectivity index (χ3v) is 5.25. The Morgan fingerprint density at radius 3 is 2.72 bits per heavy atom. The zero-order valence-electron chi connectivity index (χ0n) is 10.0. The summed E-state index contributed by atoms with van der Waals surface area (Å²) in [6, 6.07) is 3.16. The fourth-order valence-electron chi connectivity index (χ4n) is 1.94. The third-order valence-electron chi connectivity index (χ3n) is 3.33.